The van der Waals surface area contributed by atoms with Crippen molar-refractivity contribution < 1.29 is 9.59 Å². The van der Waals surface area contributed by atoms with Crippen LogP contribution in [0.2, 0.25) is 0 Å². The van der Waals surface area contributed by atoms with Gasteiger partial charge in [0.15, 0.2) is 5.96 Å². The Balaban J connectivity index is 0.00000288. The van der Waals surface area contributed by atoms with Gasteiger partial charge < -0.3 is 10.6 Å². The maximum absolute atomic E-state index is 11.8. The lowest BCUT2D eigenvalue weighted by Crippen LogP contribution is -2.46. The first kappa shape index (κ1) is 21.5. The van der Waals surface area contributed by atoms with E-state index in [0.29, 0.717) is 32.4 Å². The molecule has 0 radical (unpaired) electrons. The van der Waals surface area contributed by atoms with Gasteiger partial charge in [-0.05, 0) is 38.9 Å². The number of thioether (sulfide) groups is 1. The molecule has 24 heavy (non-hydrogen) atoms. The minimum atomic E-state index is -0.0557. The van der Waals surface area contributed by atoms with Crippen LogP contribution in [0.15, 0.2) is 4.99 Å². The van der Waals surface area contributed by atoms with Crippen molar-refractivity contribution >= 4 is 53.5 Å². The molecule has 8 heteroatoms. The molecule has 2 rings (SSSR count). The van der Waals surface area contributed by atoms with Gasteiger partial charge >= 0.3 is 0 Å². The lowest BCUT2D eigenvalue weighted by Gasteiger charge is -2.25. The van der Waals surface area contributed by atoms with Crippen LogP contribution in [-0.2, 0) is 9.59 Å². The second kappa shape index (κ2) is 10.5. The number of rotatable bonds is 6. The van der Waals surface area contributed by atoms with Crippen molar-refractivity contribution in [1.82, 2.24) is 15.5 Å². The predicted molar refractivity (Wildman–Crippen MR) is 110 cm³/mol. The number of amides is 2. The Hall–Kier alpha value is -0.510. The zero-order chi connectivity index (χ0) is 16.7. The minimum Gasteiger partial charge on any atom is -0.357 e. The van der Waals surface area contributed by atoms with Crippen molar-refractivity contribution in [2.75, 3.05) is 31.9 Å². The highest BCUT2D eigenvalue weighted by Gasteiger charge is 2.29. The van der Waals surface area contributed by atoms with E-state index in [0.717, 1.165) is 19.0 Å². The normalized spacial score (nSPS) is 24.8. The van der Waals surface area contributed by atoms with Crippen LogP contribution in [0.3, 0.4) is 0 Å². The molecular formula is C16H29IN4O2S. The number of carbonyl (C=O) groups is 2. The van der Waals surface area contributed by atoms with Gasteiger partial charge in [-0.1, -0.05) is 0 Å². The van der Waals surface area contributed by atoms with E-state index in [-0.39, 0.29) is 40.5 Å². The number of aliphatic imine (C=N–C) groups is 1. The van der Waals surface area contributed by atoms with Crippen LogP contribution in [0.5, 0.6) is 0 Å². The first-order valence-electron chi connectivity index (χ1n) is 8.53. The highest BCUT2D eigenvalue weighted by atomic mass is 127. The summed E-state index contributed by atoms with van der Waals surface area (Å²) in [5.41, 5.74) is 0. The van der Waals surface area contributed by atoms with Gasteiger partial charge in [0.25, 0.3) is 0 Å². The molecule has 1 atom stereocenters. The molecule has 2 saturated heterocycles. The largest absolute Gasteiger partial charge is 0.357 e. The molecule has 0 bridgehead atoms. The fourth-order valence-corrected chi connectivity index (χ4v) is 4.11. The van der Waals surface area contributed by atoms with E-state index in [1.165, 1.54) is 23.5 Å². The average Bonchev–Trinajstić information content (AvgIpc) is 2.95. The molecule has 1 unspecified atom stereocenters. The first-order chi connectivity index (χ1) is 11.0. The third kappa shape index (κ3) is 6.42. The molecule has 0 aliphatic carbocycles. The van der Waals surface area contributed by atoms with Crippen LogP contribution in [0, 0.1) is 0 Å². The molecule has 2 aliphatic heterocycles. The average molecular weight is 468 g/mol. The molecular weight excluding hydrogens is 439 g/mol. The fraction of sp³-hybridized carbons (Fsp3) is 0.812. The predicted octanol–water partition coefficient (Wildman–Crippen LogP) is 1.98. The highest BCUT2D eigenvalue weighted by molar-refractivity contribution is 14.0. The summed E-state index contributed by atoms with van der Waals surface area (Å²) in [5.74, 6) is 1.87. The molecule has 0 aromatic carbocycles. The maximum atomic E-state index is 11.8. The Morgan fingerprint density at radius 1 is 1.25 bits per heavy atom. The number of carbonyl (C=O) groups excluding carboxylic acids is 2. The maximum Gasteiger partial charge on any atom is 0.229 e. The van der Waals surface area contributed by atoms with Gasteiger partial charge in [-0.25, -0.2) is 0 Å². The molecule has 0 aromatic heterocycles. The number of imide groups is 1. The van der Waals surface area contributed by atoms with Crippen LogP contribution >= 0.6 is 35.7 Å². The Morgan fingerprint density at radius 3 is 2.54 bits per heavy atom. The fourth-order valence-electron chi connectivity index (χ4n) is 2.88. The zero-order valence-electron chi connectivity index (χ0n) is 14.6. The summed E-state index contributed by atoms with van der Waals surface area (Å²) in [6.07, 6.45) is 4.12. The van der Waals surface area contributed by atoms with E-state index in [2.05, 4.69) is 22.5 Å². The topological polar surface area (TPSA) is 73.8 Å². The number of likely N-dealkylation sites (tertiary alicyclic amines) is 1. The molecule has 2 aliphatic rings. The van der Waals surface area contributed by atoms with Crippen molar-refractivity contribution in [3.8, 4) is 0 Å². The van der Waals surface area contributed by atoms with Crippen molar-refractivity contribution in [3.63, 3.8) is 0 Å². The molecule has 2 N–H and O–H groups in total. The molecule has 138 valence electrons. The third-order valence-corrected chi connectivity index (χ3v) is 5.75. The summed E-state index contributed by atoms with van der Waals surface area (Å²) in [5, 5.41) is 6.46. The number of halogens is 1. The molecule has 6 nitrogen and oxygen atoms in total. The smallest absolute Gasteiger partial charge is 0.229 e. The summed E-state index contributed by atoms with van der Waals surface area (Å²) in [6, 6.07) is 0. The van der Waals surface area contributed by atoms with E-state index in [9.17, 15) is 9.59 Å². The van der Waals surface area contributed by atoms with Crippen LogP contribution in [0.25, 0.3) is 0 Å². The second-order valence-corrected chi connectivity index (χ2v) is 8.00. The number of piperidine rings is 1. The van der Waals surface area contributed by atoms with E-state index in [4.69, 9.17) is 0 Å². The third-order valence-electron chi connectivity index (χ3n) is 4.23. The monoisotopic (exact) mass is 468 g/mol. The summed E-state index contributed by atoms with van der Waals surface area (Å²) < 4.78 is 0.237. The molecule has 0 aromatic rings. The molecule has 2 fully saturated rings. The van der Waals surface area contributed by atoms with Crippen LogP contribution in [0.4, 0.5) is 0 Å². The standard InChI is InChI=1S/C16H28N4O2S.HI/c1-3-17-15(19-12-16(2)8-5-11-23-16)18-9-10-20-13(21)6-4-7-14(20)22;/h3-12H2,1-2H3,(H2,17,18,19);1H. The Bertz CT molecular complexity index is 451. The molecule has 2 amide bonds. The molecule has 2 heterocycles. The van der Waals surface area contributed by atoms with Gasteiger partial charge in [0.1, 0.15) is 0 Å². The first-order valence-corrected chi connectivity index (χ1v) is 9.52. The summed E-state index contributed by atoms with van der Waals surface area (Å²) in [7, 11) is 0. The number of hydrogen-bond acceptors (Lipinski definition) is 4. The van der Waals surface area contributed by atoms with Crippen molar-refractivity contribution in [2.24, 2.45) is 4.99 Å². The van der Waals surface area contributed by atoms with Crippen LogP contribution < -0.4 is 10.6 Å². The quantitative estimate of drug-likeness (QED) is 0.270. The second-order valence-electron chi connectivity index (χ2n) is 6.32. The zero-order valence-corrected chi connectivity index (χ0v) is 17.7. The Kier molecular flexibility index (Phi) is 9.40. The van der Waals surface area contributed by atoms with Crippen LogP contribution in [0.1, 0.15) is 46.0 Å². The number of nitrogens with zero attached hydrogens (tertiary/aromatic N) is 2. The van der Waals surface area contributed by atoms with Crippen molar-refractivity contribution in [3.05, 3.63) is 0 Å². The summed E-state index contributed by atoms with van der Waals surface area (Å²) in [6.45, 7) is 6.82. The van der Waals surface area contributed by atoms with E-state index in [1.54, 1.807) is 0 Å². The number of guanidine groups is 1. The van der Waals surface area contributed by atoms with Crippen molar-refractivity contribution in [1.29, 1.82) is 0 Å². The van der Waals surface area contributed by atoms with Gasteiger partial charge in [-0.2, -0.15) is 11.8 Å². The SMILES string of the molecule is CCNC(=NCC1(C)CCCS1)NCCN1C(=O)CCCC1=O.I. The van der Waals surface area contributed by atoms with E-state index in [1.807, 2.05) is 18.7 Å². The minimum absolute atomic E-state index is 0. The number of hydrogen-bond donors (Lipinski definition) is 2. The van der Waals surface area contributed by atoms with Crippen LogP contribution in [-0.4, -0.2) is 59.4 Å². The summed E-state index contributed by atoms with van der Waals surface area (Å²) >= 11 is 1.99. The van der Waals surface area contributed by atoms with E-state index < -0.39 is 0 Å². The van der Waals surface area contributed by atoms with Gasteiger partial charge in [0.2, 0.25) is 11.8 Å². The van der Waals surface area contributed by atoms with E-state index >= 15 is 0 Å². The Labute approximate surface area is 166 Å². The lowest BCUT2D eigenvalue weighted by atomic mass is 10.1. The van der Waals surface area contributed by atoms with Gasteiger partial charge in [-0.15, -0.1) is 24.0 Å². The lowest BCUT2D eigenvalue weighted by molar-refractivity contribution is -0.147. The van der Waals surface area contributed by atoms with Gasteiger partial charge in [0.05, 0.1) is 6.54 Å². The Morgan fingerprint density at radius 2 is 1.96 bits per heavy atom. The number of nitrogens with one attached hydrogen (secondary N) is 2. The molecule has 0 spiro atoms. The van der Waals surface area contributed by atoms with Gasteiger partial charge in [-0.3, -0.25) is 19.5 Å². The van der Waals surface area contributed by atoms with Gasteiger partial charge in [0, 0.05) is 37.2 Å². The highest BCUT2D eigenvalue weighted by Crippen LogP contribution is 2.37. The summed E-state index contributed by atoms with van der Waals surface area (Å²) in [4.78, 5) is 29.6. The molecule has 0 saturated carbocycles. The van der Waals surface area contributed by atoms with Crippen molar-refractivity contribution in [2.45, 2.75) is 50.7 Å².